The molecule has 1 aromatic heterocycles. The van der Waals surface area contributed by atoms with Gasteiger partial charge in [-0.1, -0.05) is 36.4 Å². The standard InChI is InChI=1S/C15H13NO2S/c17-15(18)9-7-12-6-8-14(16-10-12)19-11-13-4-2-1-3-5-13/h1-10H,11H2,(H,17,18)/b9-7+. The monoisotopic (exact) mass is 271 g/mol. The van der Waals surface area contributed by atoms with Crippen molar-refractivity contribution < 1.29 is 9.90 Å². The van der Waals surface area contributed by atoms with Crippen LogP contribution in [0, 0.1) is 0 Å². The Bertz CT molecular complexity index is 564. The molecule has 0 unspecified atom stereocenters. The number of carbonyl (C=O) groups is 1. The Kier molecular flexibility index (Phi) is 4.75. The molecular weight excluding hydrogens is 258 g/mol. The zero-order valence-electron chi connectivity index (χ0n) is 10.2. The summed E-state index contributed by atoms with van der Waals surface area (Å²) in [4.78, 5) is 14.7. The molecule has 0 aliphatic heterocycles. The Balaban J connectivity index is 1.94. The fourth-order valence-electron chi connectivity index (χ4n) is 1.47. The van der Waals surface area contributed by atoms with Crippen molar-refractivity contribution in [1.82, 2.24) is 4.98 Å². The quantitative estimate of drug-likeness (QED) is 0.668. The molecule has 0 amide bonds. The number of benzene rings is 1. The molecule has 0 atom stereocenters. The number of thioether (sulfide) groups is 1. The van der Waals surface area contributed by atoms with Crippen molar-refractivity contribution in [3.63, 3.8) is 0 Å². The Morgan fingerprint density at radius 2 is 2.00 bits per heavy atom. The second kappa shape index (κ2) is 6.75. The van der Waals surface area contributed by atoms with Crippen molar-refractivity contribution in [2.45, 2.75) is 10.8 Å². The van der Waals surface area contributed by atoms with Crippen LogP contribution in [0.2, 0.25) is 0 Å². The van der Waals surface area contributed by atoms with E-state index in [0.29, 0.717) is 0 Å². The molecule has 4 heteroatoms. The maximum absolute atomic E-state index is 10.4. The molecule has 19 heavy (non-hydrogen) atoms. The number of nitrogens with zero attached hydrogens (tertiary/aromatic N) is 1. The summed E-state index contributed by atoms with van der Waals surface area (Å²) in [6, 6.07) is 13.9. The van der Waals surface area contributed by atoms with Gasteiger partial charge in [0.1, 0.15) is 0 Å². The minimum atomic E-state index is -0.956. The highest BCUT2D eigenvalue weighted by atomic mass is 32.2. The molecule has 0 aliphatic rings. The lowest BCUT2D eigenvalue weighted by Gasteiger charge is -2.01. The van der Waals surface area contributed by atoms with Crippen LogP contribution in [0.15, 0.2) is 59.8 Å². The van der Waals surface area contributed by atoms with Gasteiger partial charge in [0.15, 0.2) is 0 Å². The third-order valence-electron chi connectivity index (χ3n) is 2.41. The number of pyridine rings is 1. The van der Waals surface area contributed by atoms with Gasteiger partial charge in [-0.25, -0.2) is 9.78 Å². The number of hydrogen-bond donors (Lipinski definition) is 1. The molecule has 0 aliphatic carbocycles. The smallest absolute Gasteiger partial charge is 0.328 e. The van der Waals surface area contributed by atoms with Gasteiger partial charge in [0, 0.05) is 18.0 Å². The summed E-state index contributed by atoms with van der Waals surface area (Å²) < 4.78 is 0. The highest BCUT2D eigenvalue weighted by molar-refractivity contribution is 7.98. The van der Waals surface area contributed by atoms with Crippen LogP contribution >= 0.6 is 11.8 Å². The molecule has 2 aromatic rings. The van der Waals surface area contributed by atoms with Crippen molar-refractivity contribution in [2.24, 2.45) is 0 Å². The van der Waals surface area contributed by atoms with Crippen LogP contribution in [0.3, 0.4) is 0 Å². The third-order valence-corrected chi connectivity index (χ3v) is 3.42. The lowest BCUT2D eigenvalue weighted by atomic mass is 10.2. The molecule has 1 heterocycles. The maximum atomic E-state index is 10.4. The fourth-order valence-corrected chi connectivity index (χ4v) is 2.27. The Morgan fingerprint density at radius 1 is 1.21 bits per heavy atom. The minimum Gasteiger partial charge on any atom is -0.478 e. The van der Waals surface area contributed by atoms with Crippen LogP contribution in [-0.2, 0) is 10.5 Å². The van der Waals surface area contributed by atoms with Crippen molar-refractivity contribution in [1.29, 1.82) is 0 Å². The van der Waals surface area contributed by atoms with E-state index in [2.05, 4.69) is 17.1 Å². The van der Waals surface area contributed by atoms with Gasteiger partial charge in [0.05, 0.1) is 5.03 Å². The number of rotatable bonds is 5. The van der Waals surface area contributed by atoms with Crippen LogP contribution in [-0.4, -0.2) is 16.1 Å². The third kappa shape index (κ3) is 4.60. The lowest BCUT2D eigenvalue weighted by molar-refractivity contribution is -0.131. The zero-order valence-corrected chi connectivity index (χ0v) is 11.0. The first-order valence-corrected chi connectivity index (χ1v) is 6.76. The highest BCUT2D eigenvalue weighted by Crippen LogP contribution is 2.20. The molecule has 0 radical (unpaired) electrons. The van der Waals surface area contributed by atoms with E-state index in [9.17, 15) is 4.79 Å². The first-order chi connectivity index (χ1) is 9.24. The zero-order chi connectivity index (χ0) is 13.5. The molecule has 0 bridgehead atoms. The summed E-state index contributed by atoms with van der Waals surface area (Å²) in [7, 11) is 0. The normalized spacial score (nSPS) is 10.7. The summed E-state index contributed by atoms with van der Waals surface area (Å²) in [5.41, 5.74) is 2.04. The van der Waals surface area contributed by atoms with Crippen LogP contribution in [0.5, 0.6) is 0 Å². The number of carboxylic acid groups (broad SMARTS) is 1. The van der Waals surface area contributed by atoms with Gasteiger partial charge >= 0.3 is 5.97 Å². The summed E-state index contributed by atoms with van der Waals surface area (Å²) in [6.45, 7) is 0. The van der Waals surface area contributed by atoms with Gasteiger partial charge in [-0.05, 0) is 23.3 Å². The van der Waals surface area contributed by atoms with Crippen LogP contribution in [0.25, 0.3) is 6.08 Å². The summed E-state index contributed by atoms with van der Waals surface area (Å²) in [5, 5.41) is 9.46. The number of aromatic nitrogens is 1. The second-order valence-electron chi connectivity index (χ2n) is 3.88. The van der Waals surface area contributed by atoms with E-state index in [1.54, 1.807) is 18.0 Å². The number of hydrogen-bond acceptors (Lipinski definition) is 3. The van der Waals surface area contributed by atoms with E-state index in [0.717, 1.165) is 22.4 Å². The number of carboxylic acids is 1. The molecule has 1 aromatic carbocycles. The van der Waals surface area contributed by atoms with Gasteiger partial charge in [-0.15, -0.1) is 11.8 Å². The molecule has 2 rings (SSSR count). The lowest BCUT2D eigenvalue weighted by Crippen LogP contribution is -1.87. The van der Waals surface area contributed by atoms with Crippen LogP contribution in [0.4, 0.5) is 0 Å². The van der Waals surface area contributed by atoms with E-state index in [4.69, 9.17) is 5.11 Å². The molecular formula is C15H13NO2S. The van der Waals surface area contributed by atoms with Gasteiger partial charge < -0.3 is 5.11 Å². The van der Waals surface area contributed by atoms with Gasteiger partial charge in [0.2, 0.25) is 0 Å². The summed E-state index contributed by atoms with van der Waals surface area (Å²) in [5.74, 6) is -0.0828. The average molecular weight is 271 g/mol. The first-order valence-electron chi connectivity index (χ1n) is 5.78. The van der Waals surface area contributed by atoms with Gasteiger partial charge in [-0.3, -0.25) is 0 Å². The molecule has 0 spiro atoms. The van der Waals surface area contributed by atoms with E-state index >= 15 is 0 Å². The van der Waals surface area contributed by atoms with E-state index in [-0.39, 0.29) is 0 Å². The van der Waals surface area contributed by atoms with E-state index in [1.165, 1.54) is 11.6 Å². The first kappa shape index (κ1) is 13.4. The number of aliphatic carboxylic acids is 1. The molecule has 3 nitrogen and oxygen atoms in total. The van der Waals surface area contributed by atoms with Crippen LogP contribution < -0.4 is 0 Å². The van der Waals surface area contributed by atoms with E-state index < -0.39 is 5.97 Å². The molecule has 0 saturated heterocycles. The maximum Gasteiger partial charge on any atom is 0.328 e. The van der Waals surface area contributed by atoms with Crippen molar-refractivity contribution in [3.05, 3.63) is 65.9 Å². The minimum absolute atomic E-state index is 0.784. The van der Waals surface area contributed by atoms with Crippen LogP contribution in [0.1, 0.15) is 11.1 Å². The highest BCUT2D eigenvalue weighted by Gasteiger charge is 1.97. The molecule has 0 saturated carbocycles. The van der Waals surface area contributed by atoms with Gasteiger partial charge in [-0.2, -0.15) is 0 Å². The van der Waals surface area contributed by atoms with Crippen molar-refractivity contribution in [2.75, 3.05) is 0 Å². The topological polar surface area (TPSA) is 50.2 Å². The van der Waals surface area contributed by atoms with Gasteiger partial charge in [0.25, 0.3) is 0 Å². The summed E-state index contributed by atoms with van der Waals surface area (Å²) in [6.07, 6.45) is 4.31. The molecule has 1 N–H and O–H groups in total. The predicted octanol–water partition coefficient (Wildman–Crippen LogP) is 3.47. The van der Waals surface area contributed by atoms with Crippen molar-refractivity contribution in [3.8, 4) is 0 Å². The summed E-state index contributed by atoms with van der Waals surface area (Å²) >= 11 is 1.66. The average Bonchev–Trinajstić information content (AvgIpc) is 2.45. The molecule has 0 fully saturated rings. The Morgan fingerprint density at radius 3 is 2.63 bits per heavy atom. The van der Waals surface area contributed by atoms with E-state index in [1.807, 2.05) is 30.3 Å². The molecule has 96 valence electrons. The largest absolute Gasteiger partial charge is 0.478 e. The predicted molar refractivity (Wildman–Crippen MR) is 76.9 cm³/mol. The fraction of sp³-hybridized carbons (Fsp3) is 0.0667. The Hall–Kier alpha value is -2.07. The van der Waals surface area contributed by atoms with Crippen molar-refractivity contribution >= 4 is 23.8 Å². The Labute approximate surface area is 116 Å². The second-order valence-corrected chi connectivity index (χ2v) is 4.87. The SMILES string of the molecule is O=C(O)/C=C/c1ccc(SCc2ccccc2)nc1.